The maximum absolute atomic E-state index is 11.4. The van der Waals surface area contributed by atoms with E-state index in [1.54, 1.807) is 0 Å². The molecule has 0 aromatic rings. The van der Waals surface area contributed by atoms with Crippen molar-refractivity contribution < 1.29 is 22.1 Å². The molecule has 0 fully saturated rings. The van der Waals surface area contributed by atoms with E-state index in [2.05, 4.69) is 4.18 Å². The summed E-state index contributed by atoms with van der Waals surface area (Å²) < 4.78 is 38.5. The van der Waals surface area contributed by atoms with E-state index in [4.69, 9.17) is 0 Å². The average molecular weight is 188 g/mol. The minimum absolute atomic E-state index is 0.247. The van der Waals surface area contributed by atoms with E-state index in [0.29, 0.717) is 12.0 Å². The minimum Gasteiger partial charge on any atom is -0.392 e. The average Bonchev–Trinajstić information content (AvgIpc) is 1.78. The molecule has 2 nitrogen and oxygen atoms in total. The Labute approximate surface area is 66.3 Å². The molecule has 6 heteroatoms. The van der Waals surface area contributed by atoms with Gasteiger partial charge in [-0.05, 0) is 0 Å². The molecule has 0 bridgehead atoms. The van der Waals surface area contributed by atoms with E-state index in [1.165, 1.54) is 0 Å². The Morgan fingerprint density at radius 2 is 2.09 bits per heavy atom. The van der Waals surface area contributed by atoms with Crippen molar-refractivity contribution in [2.75, 3.05) is 5.75 Å². The summed E-state index contributed by atoms with van der Waals surface area (Å²) in [5.74, 6) is -0.833. The fraction of sp³-hybridized carbons (Fsp3) is 0.800. The van der Waals surface area contributed by atoms with Crippen molar-refractivity contribution in [3.63, 3.8) is 0 Å². The summed E-state index contributed by atoms with van der Waals surface area (Å²) >= 11 is 0.519. The summed E-state index contributed by atoms with van der Waals surface area (Å²) in [4.78, 5) is 10.0. The molecule has 0 N–H and O–H groups in total. The zero-order valence-corrected chi connectivity index (χ0v) is 6.59. The number of carbonyl (C=O) groups excluding carboxylic acids is 1. The van der Waals surface area contributed by atoms with Crippen LogP contribution in [0.4, 0.5) is 13.2 Å². The fourth-order valence-corrected chi connectivity index (χ4v) is 0.846. The predicted molar refractivity (Wildman–Crippen MR) is 34.9 cm³/mol. The third kappa shape index (κ3) is 9.61. The Morgan fingerprint density at radius 3 is 2.45 bits per heavy atom. The minimum atomic E-state index is -4.17. The molecule has 0 saturated heterocycles. The van der Waals surface area contributed by atoms with Crippen molar-refractivity contribution in [3.8, 4) is 0 Å². The second kappa shape index (κ2) is 4.48. The smallest absolute Gasteiger partial charge is 0.390 e. The topological polar surface area (TPSA) is 26.3 Å². The van der Waals surface area contributed by atoms with Gasteiger partial charge in [0.15, 0.2) is 0 Å². The van der Waals surface area contributed by atoms with Crippen LogP contribution in [-0.2, 0) is 8.98 Å². The standard InChI is InChI=1S/C5H7F3O2S/c1-4(9)10-11-3-2-5(6,7)8/h2-3H2,1H3. The maximum Gasteiger partial charge on any atom is 0.390 e. The number of halogens is 3. The van der Waals surface area contributed by atoms with Crippen LogP contribution in [0.3, 0.4) is 0 Å². The lowest BCUT2D eigenvalue weighted by Crippen LogP contribution is -2.08. The fourth-order valence-electron chi connectivity index (χ4n) is 0.282. The van der Waals surface area contributed by atoms with Crippen molar-refractivity contribution in [3.05, 3.63) is 0 Å². The second-order valence-corrected chi connectivity index (χ2v) is 2.57. The molecule has 0 rings (SSSR count). The Hall–Kier alpha value is -0.390. The highest BCUT2D eigenvalue weighted by molar-refractivity contribution is 7.95. The molecule has 11 heavy (non-hydrogen) atoms. The van der Waals surface area contributed by atoms with Crippen LogP contribution in [0.5, 0.6) is 0 Å². The van der Waals surface area contributed by atoms with Gasteiger partial charge in [-0.15, -0.1) is 0 Å². The molecule has 0 aromatic carbocycles. The summed E-state index contributed by atoms with van der Waals surface area (Å²) in [7, 11) is 0. The summed E-state index contributed by atoms with van der Waals surface area (Å²) in [6, 6.07) is 0. The van der Waals surface area contributed by atoms with Gasteiger partial charge in [-0.1, -0.05) is 0 Å². The first-order valence-electron chi connectivity index (χ1n) is 2.78. The van der Waals surface area contributed by atoms with Crippen LogP contribution in [0, 0.1) is 0 Å². The monoisotopic (exact) mass is 188 g/mol. The first kappa shape index (κ1) is 10.6. The van der Waals surface area contributed by atoms with Crippen molar-refractivity contribution in [2.24, 2.45) is 0 Å². The first-order valence-corrected chi connectivity index (χ1v) is 3.69. The van der Waals surface area contributed by atoms with Gasteiger partial charge in [-0.3, -0.25) is 4.79 Å². The van der Waals surface area contributed by atoms with Crippen LogP contribution in [0.2, 0.25) is 0 Å². The molecule has 0 aliphatic rings. The van der Waals surface area contributed by atoms with Crippen molar-refractivity contribution in [1.82, 2.24) is 0 Å². The molecule has 0 spiro atoms. The van der Waals surface area contributed by atoms with Gasteiger partial charge in [0.05, 0.1) is 18.5 Å². The number of hydrogen-bond acceptors (Lipinski definition) is 3. The molecule has 0 saturated carbocycles. The lowest BCUT2D eigenvalue weighted by Gasteiger charge is -2.03. The van der Waals surface area contributed by atoms with Crippen LogP contribution in [-0.4, -0.2) is 17.9 Å². The maximum atomic E-state index is 11.4. The van der Waals surface area contributed by atoms with Crippen LogP contribution in [0.1, 0.15) is 13.3 Å². The number of alkyl halides is 3. The molecule has 0 aliphatic heterocycles. The Bertz CT molecular complexity index is 134. The SMILES string of the molecule is CC(=O)OSCCC(F)(F)F. The van der Waals surface area contributed by atoms with Crippen LogP contribution in [0.15, 0.2) is 0 Å². The Balaban J connectivity index is 3.22. The quantitative estimate of drug-likeness (QED) is 0.501. The lowest BCUT2D eigenvalue weighted by molar-refractivity contribution is -0.133. The molecule has 0 radical (unpaired) electrons. The molecule has 0 aromatic heterocycles. The highest BCUT2D eigenvalue weighted by Gasteiger charge is 2.26. The van der Waals surface area contributed by atoms with E-state index in [1.807, 2.05) is 0 Å². The molecular formula is C5H7F3O2S. The van der Waals surface area contributed by atoms with E-state index >= 15 is 0 Å². The van der Waals surface area contributed by atoms with Crippen LogP contribution >= 0.6 is 12.0 Å². The van der Waals surface area contributed by atoms with Gasteiger partial charge in [0.25, 0.3) is 0 Å². The first-order chi connectivity index (χ1) is 4.92. The third-order valence-corrected chi connectivity index (χ3v) is 1.37. The van der Waals surface area contributed by atoms with E-state index in [0.717, 1.165) is 6.92 Å². The van der Waals surface area contributed by atoms with Gasteiger partial charge in [-0.25, -0.2) is 0 Å². The molecule has 0 amide bonds. The zero-order valence-electron chi connectivity index (χ0n) is 5.77. The normalized spacial score (nSPS) is 11.3. The van der Waals surface area contributed by atoms with Gasteiger partial charge in [0.2, 0.25) is 0 Å². The molecule has 0 unspecified atom stereocenters. The van der Waals surface area contributed by atoms with E-state index in [9.17, 15) is 18.0 Å². The van der Waals surface area contributed by atoms with Crippen molar-refractivity contribution in [2.45, 2.75) is 19.5 Å². The van der Waals surface area contributed by atoms with Crippen LogP contribution in [0.25, 0.3) is 0 Å². The highest BCUT2D eigenvalue weighted by Crippen LogP contribution is 2.22. The molecule has 0 aliphatic carbocycles. The second-order valence-electron chi connectivity index (χ2n) is 1.76. The van der Waals surface area contributed by atoms with Crippen LogP contribution < -0.4 is 0 Å². The Kier molecular flexibility index (Phi) is 4.32. The molecule has 0 atom stereocenters. The van der Waals surface area contributed by atoms with Crippen molar-refractivity contribution in [1.29, 1.82) is 0 Å². The van der Waals surface area contributed by atoms with Gasteiger partial charge >= 0.3 is 12.1 Å². The molecular weight excluding hydrogens is 181 g/mol. The van der Waals surface area contributed by atoms with E-state index < -0.39 is 18.6 Å². The summed E-state index contributed by atoms with van der Waals surface area (Å²) in [6.07, 6.45) is -5.11. The van der Waals surface area contributed by atoms with Gasteiger partial charge in [-0.2, -0.15) is 13.2 Å². The van der Waals surface area contributed by atoms with Crippen molar-refractivity contribution >= 4 is 18.0 Å². The molecule has 0 heterocycles. The number of carbonyl (C=O) groups is 1. The summed E-state index contributed by atoms with van der Waals surface area (Å²) in [5.41, 5.74) is 0. The van der Waals surface area contributed by atoms with Gasteiger partial charge in [0.1, 0.15) is 0 Å². The summed E-state index contributed by atoms with van der Waals surface area (Å²) in [6.45, 7) is 1.14. The predicted octanol–water partition coefficient (Wildman–Crippen LogP) is 2.15. The van der Waals surface area contributed by atoms with Gasteiger partial charge < -0.3 is 4.18 Å². The largest absolute Gasteiger partial charge is 0.392 e. The van der Waals surface area contributed by atoms with E-state index in [-0.39, 0.29) is 5.75 Å². The number of hydrogen-bond donors (Lipinski definition) is 0. The Morgan fingerprint density at radius 1 is 1.55 bits per heavy atom. The summed E-state index contributed by atoms with van der Waals surface area (Å²) in [5, 5.41) is 0. The lowest BCUT2D eigenvalue weighted by atomic mass is 10.5. The zero-order chi connectivity index (χ0) is 8.91. The van der Waals surface area contributed by atoms with Gasteiger partial charge in [0, 0.05) is 12.7 Å². The highest BCUT2D eigenvalue weighted by atomic mass is 32.2. The third-order valence-electron chi connectivity index (χ3n) is 0.645. The number of rotatable bonds is 3. The molecule has 66 valence electrons.